The highest BCUT2D eigenvalue weighted by atomic mass is 79.9. The molecule has 0 aliphatic carbocycles. The SMILES string of the molecule is CNCCNS(=O)(=O)c1cc(Br)c(NC(C)=O)cc1C. The predicted octanol–water partition coefficient (Wildman–Crippen LogP) is 1.21. The largest absolute Gasteiger partial charge is 0.325 e. The van der Waals surface area contributed by atoms with Gasteiger partial charge in [-0.25, -0.2) is 13.1 Å². The summed E-state index contributed by atoms with van der Waals surface area (Å²) in [6, 6.07) is 3.11. The minimum Gasteiger partial charge on any atom is -0.325 e. The first-order chi connectivity index (χ1) is 9.27. The number of benzene rings is 1. The van der Waals surface area contributed by atoms with Crippen LogP contribution in [0.15, 0.2) is 21.5 Å². The van der Waals surface area contributed by atoms with Crippen molar-refractivity contribution in [2.75, 3.05) is 25.5 Å². The van der Waals surface area contributed by atoms with Gasteiger partial charge in [0.25, 0.3) is 0 Å². The highest BCUT2D eigenvalue weighted by Gasteiger charge is 2.18. The number of nitrogens with one attached hydrogen (secondary N) is 3. The van der Waals surface area contributed by atoms with Crippen LogP contribution in [0.1, 0.15) is 12.5 Å². The molecule has 0 aliphatic rings. The van der Waals surface area contributed by atoms with Gasteiger partial charge in [0.1, 0.15) is 0 Å². The monoisotopic (exact) mass is 363 g/mol. The van der Waals surface area contributed by atoms with Crippen LogP contribution in [0.4, 0.5) is 5.69 Å². The van der Waals surface area contributed by atoms with Gasteiger partial charge in [0.2, 0.25) is 15.9 Å². The van der Waals surface area contributed by atoms with Crippen LogP contribution in [-0.4, -0.2) is 34.5 Å². The molecule has 6 nitrogen and oxygen atoms in total. The van der Waals surface area contributed by atoms with Crippen molar-refractivity contribution in [3.05, 3.63) is 22.2 Å². The molecule has 0 saturated heterocycles. The minimum absolute atomic E-state index is 0.189. The average Bonchev–Trinajstić information content (AvgIpc) is 2.32. The standard InChI is InChI=1S/C12H18BrN3O3S/c1-8-6-11(16-9(2)17)10(13)7-12(8)20(18,19)15-5-4-14-3/h6-7,14-15H,4-5H2,1-3H3,(H,16,17). The number of carbonyl (C=O) groups excluding carboxylic acids is 1. The number of anilines is 1. The Bertz CT molecular complexity index is 602. The number of carbonyl (C=O) groups is 1. The van der Waals surface area contributed by atoms with E-state index in [0.29, 0.717) is 28.8 Å². The maximum atomic E-state index is 12.2. The molecule has 0 heterocycles. The van der Waals surface area contributed by atoms with E-state index in [1.165, 1.54) is 13.0 Å². The zero-order valence-electron chi connectivity index (χ0n) is 11.6. The molecule has 112 valence electrons. The van der Waals surface area contributed by atoms with Crippen LogP contribution in [0.3, 0.4) is 0 Å². The molecule has 1 amide bonds. The van der Waals surface area contributed by atoms with E-state index >= 15 is 0 Å². The summed E-state index contributed by atoms with van der Waals surface area (Å²) in [4.78, 5) is 11.3. The van der Waals surface area contributed by atoms with Crippen LogP contribution in [0.25, 0.3) is 0 Å². The Morgan fingerprint density at radius 3 is 2.50 bits per heavy atom. The van der Waals surface area contributed by atoms with Gasteiger partial charge in [0, 0.05) is 24.5 Å². The van der Waals surface area contributed by atoms with E-state index in [4.69, 9.17) is 0 Å². The van der Waals surface area contributed by atoms with Crippen LogP contribution in [0.5, 0.6) is 0 Å². The molecule has 0 radical (unpaired) electrons. The lowest BCUT2D eigenvalue weighted by molar-refractivity contribution is -0.114. The minimum atomic E-state index is -3.56. The fourth-order valence-corrected chi connectivity index (χ4v) is 3.50. The summed E-state index contributed by atoms with van der Waals surface area (Å²) < 4.78 is 27.4. The second kappa shape index (κ2) is 7.16. The molecule has 20 heavy (non-hydrogen) atoms. The van der Waals surface area contributed by atoms with Crippen molar-refractivity contribution in [3.63, 3.8) is 0 Å². The van der Waals surface area contributed by atoms with Crippen LogP contribution in [0.2, 0.25) is 0 Å². The highest BCUT2D eigenvalue weighted by Crippen LogP contribution is 2.28. The molecule has 8 heteroatoms. The normalized spacial score (nSPS) is 11.4. The summed E-state index contributed by atoms with van der Waals surface area (Å²) in [5, 5.41) is 5.50. The van der Waals surface area contributed by atoms with Gasteiger partial charge in [0.15, 0.2) is 0 Å². The molecule has 0 aromatic heterocycles. The lowest BCUT2D eigenvalue weighted by Crippen LogP contribution is -2.31. The first kappa shape index (κ1) is 17.1. The Labute approximate surface area is 127 Å². The smallest absolute Gasteiger partial charge is 0.240 e. The van der Waals surface area contributed by atoms with Crippen LogP contribution < -0.4 is 15.4 Å². The Kier molecular flexibility index (Phi) is 6.12. The zero-order chi connectivity index (χ0) is 15.3. The maximum absolute atomic E-state index is 12.2. The van der Waals surface area contributed by atoms with E-state index in [0.717, 1.165) is 0 Å². The number of rotatable bonds is 6. The van der Waals surface area contributed by atoms with Gasteiger partial charge in [-0.1, -0.05) is 0 Å². The molecule has 1 aromatic rings. The third-order valence-corrected chi connectivity index (χ3v) is 4.79. The summed E-state index contributed by atoms with van der Waals surface area (Å²) in [5.74, 6) is -0.215. The van der Waals surface area contributed by atoms with Crippen molar-refractivity contribution in [1.82, 2.24) is 10.0 Å². The molecule has 0 aliphatic heterocycles. The lowest BCUT2D eigenvalue weighted by atomic mass is 10.2. The molecule has 0 saturated carbocycles. The number of sulfonamides is 1. The highest BCUT2D eigenvalue weighted by molar-refractivity contribution is 9.10. The van der Waals surface area contributed by atoms with Gasteiger partial charge < -0.3 is 10.6 Å². The molecular weight excluding hydrogens is 346 g/mol. The van der Waals surface area contributed by atoms with Crippen molar-refractivity contribution in [2.45, 2.75) is 18.7 Å². The zero-order valence-corrected chi connectivity index (χ0v) is 14.0. The van der Waals surface area contributed by atoms with Gasteiger partial charge >= 0.3 is 0 Å². The second-order valence-corrected chi connectivity index (χ2v) is 6.87. The molecule has 3 N–H and O–H groups in total. The van der Waals surface area contributed by atoms with E-state index in [1.807, 2.05) is 0 Å². The summed E-state index contributed by atoms with van der Waals surface area (Å²) >= 11 is 3.26. The molecule has 1 aromatic carbocycles. The second-order valence-electron chi connectivity index (χ2n) is 4.28. The summed E-state index contributed by atoms with van der Waals surface area (Å²) in [6.07, 6.45) is 0. The molecule has 0 bridgehead atoms. The molecule has 0 unspecified atom stereocenters. The van der Waals surface area contributed by atoms with Crippen molar-refractivity contribution >= 4 is 37.5 Å². The third-order valence-electron chi connectivity index (χ3n) is 2.53. The van der Waals surface area contributed by atoms with E-state index in [2.05, 4.69) is 31.3 Å². The van der Waals surface area contributed by atoms with Crippen LogP contribution in [-0.2, 0) is 14.8 Å². The molecule has 0 spiro atoms. The van der Waals surface area contributed by atoms with E-state index in [9.17, 15) is 13.2 Å². The molecule has 1 rings (SSSR count). The van der Waals surface area contributed by atoms with E-state index < -0.39 is 10.0 Å². The summed E-state index contributed by atoms with van der Waals surface area (Å²) in [7, 11) is -1.82. The van der Waals surface area contributed by atoms with Crippen LogP contribution >= 0.6 is 15.9 Å². The Morgan fingerprint density at radius 1 is 1.30 bits per heavy atom. The number of amides is 1. The number of halogens is 1. The van der Waals surface area contributed by atoms with E-state index in [1.54, 1.807) is 20.0 Å². The molecule has 0 fully saturated rings. The average molecular weight is 364 g/mol. The number of hydrogen-bond donors (Lipinski definition) is 3. The summed E-state index contributed by atoms with van der Waals surface area (Å²) in [5.41, 5.74) is 1.11. The van der Waals surface area contributed by atoms with Gasteiger partial charge in [-0.2, -0.15) is 0 Å². The van der Waals surface area contributed by atoms with E-state index in [-0.39, 0.29) is 10.8 Å². The van der Waals surface area contributed by atoms with Crippen molar-refractivity contribution in [3.8, 4) is 0 Å². The van der Waals surface area contributed by atoms with Gasteiger partial charge in [0.05, 0.1) is 10.6 Å². The fraction of sp³-hybridized carbons (Fsp3) is 0.417. The number of aryl methyl sites for hydroxylation is 1. The topological polar surface area (TPSA) is 87.3 Å². The van der Waals surface area contributed by atoms with Gasteiger partial charge in [-0.3, -0.25) is 4.79 Å². The van der Waals surface area contributed by atoms with Crippen LogP contribution in [0, 0.1) is 6.92 Å². The summed E-state index contributed by atoms with van der Waals surface area (Å²) in [6.45, 7) is 3.93. The van der Waals surface area contributed by atoms with Gasteiger partial charge in [-0.15, -0.1) is 0 Å². The number of hydrogen-bond acceptors (Lipinski definition) is 4. The predicted molar refractivity (Wildman–Crippen MR) is 82.3 cm³/mol. The third kappa shape index (κ3) is 4.55. The molecule has 0 atom stereocenters. The Balaban J connectivity index is 3.08. The quantitative estimate of drug-likeness (QED) is 0.663. The Morgan fingerprint density at radius 2 is 1.95 bits per heavy atom. The Hall–Kier alpha value is -0.960. The first-order valence-electron chi connectivity index (χ1n) is 6.00. The van der Waals surface area contributed by atoms with Gasteiger partial charge in [-0.05, 0) is 47.6 Å². The molecular formula is C12H18BrN3O3S. The maximum Gasteiger partial charge on any atom is 0.240 e. The van der Waals surface area contributed by atoms with Crippen molar-refractivity contribution < 1.29 is 13.2 Å². The fourth-order valence-electron chi connectivity index (χ4n) is 1.63. The van der Waals surface area contributed by atoms with Crippen molar-refractivity contribution in [1.29, 1.82) is 0 Å². The number of likely N-dealkylation sites (N-methyl/N-ethyl adjacent to an activating group) is 1. The first-order valence-corrected chi connectivity index (χ1v) is 8.27. The lowest BCUT2D eigenvalue weighted by Gasteiger charge is -2.13. The van der Waals surface area contributed by atoms with Crippen molar-refractivity contribution in [2.24, 2.45) is 0 Å².